The van der Waals surface area contributed by atoms with Crippen molar-refractivity contribution in [2.75, 3.05) is 0 Å². The zero-order valence-corrected chi connectivity index (χ0v) is 26.0. The molecule has 0 aliphatic rings. The Morgan fingerprint density at radius 1 is 0.396 bits per heavy atom. The minimum Gasteiger partial charge on any atom is -0.456 e. The van der Waals surface area contributed by atoms with Crippen LogP contribution in [-0.2, 0) is 0 Å². The number of para-hydroxylation sites is 4. The van der Waals surface area contributed by atoms with Gasteiger partial charge in [-0.25, -0.2) is 4.98 Å². The molecule has 0 bridgehead atoms. The van der Waals surface area contributed by atoms with Gasteiger partial charge in [0.05, 0.1) is 11.0 Å². The Hall–Kier alpha value is -6.45. The van der Waals surface area contributed by atoms with Crippen molar-refractivity contribution in [2.45, 2.75) is 0 Å². The van der Waals surface area contributed by atoms with E-state index in [-0.39, 0.29) is 0 Å². The van der Waals surface area contributed by atoms with Gasteiger partial charge < -0.3 is 4.42 Å². The standard InChI is InChI=1S/C45H28N2O/c1-2-15-32(16-3-1)47-40-23-10-9-22-39(40)46-45(47)31-14-12-13-29(27-31)43-34-18-4-6-20-36(34)44(37-21-7-5-19-35(37)43)30-25-26-42-38(28-30)33-17-8-11-24-41(33)48-42/h1-28H. The van der Waals surface area contributed by atoms with Crippen LogP contribution in [0.25, 0.3) is 93.8 Å². The van der Waals surface area contributed by atoms with Crippen molar-refractivity contribution in [1.29, 1.82) is 0 Å². The van der Waals surface area contributed by atoms with Gasteiger partial charge in [0.25, 0.3) is 0 Å². The lowest BCUT2D eigenvalue weighted by atomic mass is 9.85. The Balaban J connectivity index is 1.23. The predicted octanol–water partition coefficient (Wildman–Crippen LogP) is 12.2. The van der Waals surface area contributed by atoms with Gasteiger partial charge in [-0.2, -0.15) is 0 Å². The Labute approximate surface area is 277 Å². The molecule has 0 amide bonds. The molecule has 0 N–H and O–H groups in total. The maximum atomic E-state index is 6.19. The van der Waals surface area contributed by atoms with Crippen LogP contribution in [0.1, 0.15) is 0 Å². The number of nitrogens with zero attached hydrogens (tertiary/aromatic N) is 2. The summed E-state index contributed by atoms with van der Waals surface area (Å²) < 4.78 is 8.46. The van der Waals surface area contributed by atoms with Crippen LogP contribution in [0.3, 0.4) is 0 Å². The number of furan rings is 1. The fourth-order valence-corrected chi connectivity index (χ4v) is 7.50. The van der Waals surface area contributed by atoms with E-state index in [4.69, 9.17) is 9.40 Å². The molecule has 0 aliphatic heterocycles. The van der Waals surface area contributed by atoms with Crippen molar-refractivity contribution >= 4 is 54.5 Å². The van der Waals surface area contributed by atoms with Gasteiger partial charge >= 0.3 is 0 Å². The van der Waals surface area contributed by atoms with Crippen LogP contribution < -0.4 is 0 Å². The van der Waals surface area contributed by atoms with Gasteiger partial charge in [0.1, 0.15) is 17.0 Å². The van der Waals surface area contributed by atoms with Gasteiger partial charge in [-0.15, -0.1) is 0 Å². The van der Waals surface area contributed by atoms with E-state index in [0.29, 0.717) is 0 Å². The summed E-state index contributed by atoms with van der Waals surface area (Å²) in [4.78, 5) is 5.17. The van der Waals surface area contributed by atoms with Crippen molar-refractivity contribution in [3.05, 3.63) is 170 Å². The van der Waals surface area contributed by atoms with Crippen LogP contribution in [0.2, 0.25) is 0 Å². The molecule has 0 radical (unpaired) electrons. The van der Waals surface area contributed by atoms with Crippen LogP contribution in [0, 0.1) is 0 Å². The summed E-state index contributed by atoms with van der Waals surface area (Å²) in [6.07, 6.45) is 0. The van der Waals surface area contributed by atoms with Gasteiger partial charge in [-0.05, 0) is 92.3 Å². The van der Waals surface area contributed by atoms with E-state index < -0.39 is 0 Å². The first-order chi connectivity index (χ1) is 23.8. The molecule has 8 aromatic carbocycles. The molecule has 0 saturated carbocycles. The molecule has 2 aromatic heterocycles. The van der Waals surface area contributed by atoms with E-state index >= 15 is 0 Å². The highest BCUT2D eigenvalue weighted by Gasteiger charge is 2.19. The zero-order chi connectivity index (χ0) is 31.6. The molecular formula is C45H28N2O. The van der Waals surface area contributed by atoms with E-state index in [1.54, 1.807) is 0 Å². The number of hydrogen-bond acceptors (Lipinski definition) is 2. The van der Waals surface area contributed by atoms with Crippen molar-refractivity contribution in [3.8, 4) is 39.3 Å². The summed E-state index contributed by atoms with van der Waals surface area (Å²) in [6, 6.07) is 60.3. The molecule has 0 unspecified atom stereocenters. The van der Waals surface area contributed by atoms with Crippen LogP contribution in [0.15, 0.2) is 174 Å². The normalized spacial score (nSPS) is 11.8. The second-order valence-corrected chi connectivity index (χ2v) is 12.3. The smallest absolute Gasteiger partial charge is 0.145 e. The summed E-state index contributed by atoms with van der Waals surface area (Å²) in [7, 11) is 0. The maximum Gasteiger partial charge on any atom is 0.145 e. The molecule has 224 valence electrons. The van der Waals surface area contributed by atoms with Gasteiger partial charge in [-0.1, -0.05) is 121 Å². The topological polar surface area (TPSA) is 31.0 Å². The fourth-order valence-electron chi connectivity index (χ4n) is 7.50. The number of hydrogen-bond donors (Lipinski definition) is 0. The molecule has 3 nitrogen and oxygen atoms in total. The highest BCUT2D eigenvalue weighted by Crippen LogP contribution is 2.45. The summed E-state index contributed by atoms with van der Waals surface area (Å²) in [6.45, 7) is 0. The molecule has 2 heterocycles. The van der Waals surface area contributed by atoms with Gasteiger partial charge in [0, 0.05) is 22.0 Å². The maximum absolute atomic E-state index is 6.19. The molecule has 0 saturated heterocycles. The number of aromatic nitrogens is 2. The minimum atomic E-state index is 0.906. The largest absolute Gasteiger partial charge is 0.456 e. The first-order valence-corrected chi connectivity index (χ1v) is 16.3. The predicted molar refractivity (Wildman–Crippen MR) is 200 cm³/mol. The zero-order valence-electron chi connectivity index (χ0n) is 26.0. The number of imidazole rings is 1. The highest BCUT2D eigenvalue weighted by molar-refractivity contribution is 6.22. The molecule has 10 aromatic rings. The van der Waals surface area contributed by atoms with E-state index in [1.165, 1.54) is 38.2 Å². The molecule has 0 fully saturated rings. The van der Waals surface area contributed by atoms with Crippen molar-refractivity contribution in [2.24, 2.45) is 0 Å². The van der Waals surface area contributed by atoms with E-state index in [2.05, 4.69) is 162 Å². The van der Waals surface area contributed by atoms with Crippen LogP contribution in [-0.4, -0.2) is 9.55 Å². The van der Waals surface area contributed by atoms with Crippen molar-refractivity contribution in [1.82, 2.24) is 9.55 Å². The monoisotopic (exact) mass is 612 g/mol. The minimum absolute atomic E-state index is 0.906. The first-order valence-electron chi connectivity index (χ1n) is 16.3. The lowest BCUT2D eigenvalue weighted by Crippen LogP contribution is -1.97. The lowest BCUT2D eigenvalue weighted by Gasteiger charge is -2.18. The van der Waals surface area contributed by atoms with Crippen LogP contribution in [0.5, 0.6) is 0 Å². The second kappa shape index (κ2) is 10.5. The highest BCUT2D eigenvalue weighted by atomic mass is 16.3. The third-order valence-electron chi connectivity index (χ3n) is 9.58. The second-order valence-electron chi connectivity index (χ2n) is 12.3. The fraction of sp³-hybridized carbons (Fsp3) is 0. The lowest BCUT2D eigenvalue weighted by molar-refractivity contribution is 0.669. The molecule has 10 rings (SSSR count). The van der Waals surface area contributed by atoms with Gasteiger partial charge in [0.15, 0.2) is 0 Å². The third kappa shape index (κ3) is 4.04. The molecule has 0 aliphatic carbocycles. The first kappa shape index (κ1) is 26.7. The average molecular weight is 613 g/mol. The molecule has 48 heavy (non-hydrogen) atoms. The van der Waals surface area contributed by atoms with E-state index in [0.717, 1.165) is 55.6 Å². The molecule has 0 spiro atoms. The van der Waals surface area contributed by atoms with Gasteiger partial charge in [-0.3, -0.25) is 4.57 Å². The van der Waals surface area contributed by atoms with Crippen LogP contribution in [0.4, 0.5) is 0 Å². The Morgan fingerprint density at radius 3 is 1.69 bits per heavy atom. The van der Waals surface area contributed by atoms with Gasteiger partial charge in [0.2, 0.25) is 0 Å². The SMILES string of the molecule is c1ccc(-n2c(-c3cccc(-c4c5ccccc5c(-c5ccc6oc7ccccc7c6c5)c5ccccc45)c3)nc3ccccc32)cc1. The van der Waals surface area contributed by atoms with E-state index in [1.807, 2.05) is 12.1 Å². The Morgan fingerprint density at radius 2 is 0.958 bits per heavy atom. The third-order valence-corrected chi connectivity index (χ3v) is 9.58. The Bertz CT molecular complexity index is 2780. The summed E-state index contributed by atoms with van der Waals surface area (Å²) >= 11 is 0. The average Bonchev–Trinajstić information content (AvgIpc) is 3.73. The summed E-state index contributed by atoms with van der Waals surface area (Å²) in [5.41, 5.74) is 10.8. The van der Waals surface area contributed by atoms with Crippen LogP contribution >= 0.6 is 0 Å². The van der Waals surface area contributed by atoms with Crippen molar-refractivity contribution < 1.29 is 4.42 Å². The number of benzene rings is 8. The van der Waals surface area contributed by atoms with E-state index in [9.17, 15) is 0 Å². The molecule has 3 heteroatoms. The summed E-state index contributed by atoms with van der Waals surface area (Å²) in [5, 5.41) is 7.15. The molecular weight excluding hydrogens is 585 g/mol. The number of fused-ring (bicyclic) bond motifs is 6. The Kier molecular flexibility index (Phi) is 5.87. The number of rotatable bonds is 4. The summed E-state index contributed by atoms with van der Waals surface area (Å²) in [5.74, 6) is 0.926. The van der Waals surface area contributed by atoms with Crippen molar-refractivity contribution in [3.63, 3.8) is 0 Å². The molecule has 0 atom stereocenters. The quantitative estimate of drug-likeness (QED) is 0.185.